The largest absolute Gasteiger partial charge is 0.493 e. The van der Waals surface area contributed by atoms with Crippen molar-refractivity contribution in [3.05, 3.63) is 102 Å². The van der Waals surface area contributed by atoms with Crippen molar-refractivity contribution in [1.29, 1.82) is 0 Å². The average molecular weight is 1250 g/mol. The van der Waals surface area contributed by atoms with Crippen molar-refractivity contribution in [2.45, 2.75) is 117 Å². The predicted molar refractivity (Wildman–Crippen MR) is 337 cm³/mol. The Balaban J connectivity index is 1.45. The van der Waals surface area contributed by atoms with E-state index in [2.05, 4.69) is 85.5 Å². The fourth-order valence-corrected chi connectivity index (χ4v) is 9.43. The van der Waals surface area contributed by atoms with Crippen LogP contribution in [0.4, 0.5) is 26.7 Å². The molecule has 0 saturated carbocycles. The van der Waals surface area contributed by atoms with E-state index >= 15 is 0 Å². The molecule has 7 N–H and O–H groups in total. The molecule has 1 heterocycles. The number of rotatable bonds is 36. The number of nitrogens with one attached hydrogen (secondary N) is 6. The SMILES string of the molecule is C=CCOC(=O)Nc1cc(OCCCOc2cc(NC(=O)OCc3ccc(NC(=O)C(C)NC(=O)[C@@H](NC(=O)CCOCCOC)C(C)C)cc3)c(C(=O)NCC(=C)CCCO)cc2OC)c(OC)cc1C(=O)N1CC(=C)C[C@H]1CO[Si](C)(C)C(C)(C)C. The molecule has 0 bridgehead atoms. The van der Waals surface area contributed by atoms with Crippen molar-refractivity contribution in [3.63, 3.8) is 0 Å². The van der Waals surface area contributed by atoms with Crippen LogP contribution >= 0.6 is 0 Å². The third-order valence-corrected chi connectivity index (χ3v) is 19.0. The topological polar surface area (TPSA) is 298 Å². The molecule has 1 unspecified atom stereocenters. The third kappa shape index (κ3) is 23.0. The van der Waals surface area contributed by atoms with E-state index in [-0.39, 0.29) is 133 Å². The Labute approximate surface area is 517 Å². The number of ether oxygens (including phenoxy) is 8. The highest BCUT2D eigenvalue weighted by molar-refractivity contribution is 6.74. The molecule has 1 aliphatic heterocycles. The number of aliphatic hydroxyl groups excluding tert-OH is 1. The molecular formula is C63H91N7O17Si. The summed E-state index contributed by atoms with van der Waals surface area (Å²) >= 11 is 0. The zero-order valence-corrected chi connectivity index (χ0v) is 53.9. The van der Waals surface area contributed by atoms with Crippen LogP contribution in [0.2, 0.25) is 18.1 Å². The van der Waals surface area contributed by atoms with Gasteiger partial charge in [-0.1, -0.05) is 83.7 Å². The Hall–Kier alpha value is -7.97. The van der Waals surface area contributed by atoms with Crippen LogP contribution < -0.4 is 50.8 Å². The van der Waals surface area contributed by atoms with Crippen LogP contribution in [-0.2, 0) is 44.4 Å². The monoisotopic (exact) mass is 1250 g/mol. The van der Waals surface area contributed by atoms with Gasteiger partial charge in [0.1, 0.15) is 25.3 Å². The summed E-state index contributed by atoms with van der Waals surface area (Å²) in [4.78, 5) is 95.3. The lowest BCUT2D eigenvalue weighted by molar-refractivity contribution is -0.132. The summed E-state index contributed by atoms with van der Waals surface area (Å²) in [5.41, 5.74) is 2.73. The van der Waals surface area contributed by atoms with Crippen LogP contribution in [0, 0.1) is 5.92 Å². The second kappa shape index (κ2) is 35.7. The molecule has 0 aromatic heterocycles. The predicted octanol–water partition coefficient (Wildman–Crippen LogP) is 8.52. The van der Waals surface area contributed by atoms with Crippen LogP contribution in [0.5, 0.6) is 23.0 Å². The van der Waals surface area contributed by atoms with Crippen molar-refractivity contribution in [1.82, 2.24) is 20.9 Å². The zero-order valence-electron chi connectivity index (χ0n) is 52.9. The summed E-state index contributed by atoms with van der Waals surface area (Å²) in [5, 5.41) is 25.5. The van der Waals surface area contributed by atoms with Crippen molar-refractivity contribution < 1.29 is 81.0 Å². The maximum absolute atomic E-state index is 14.5. The number of carbonyl (C=O) groups is 7. The van der Waals surface area contributed by atoms with Gasteiger partial charge in [-0.15, -0.1) is 0 Å². The minimum absolute atomic E-state index is 0.00502. The Kier molecular flexibility index (Phi) is 29.4. The Morgan fingerprint density at radius 2 is 1.38 bits per heavy atom. The summed E-state index contributed by atoms with van der Waals surface area (Å²) in [6.07, 6.45) is 1.46. The normalized spacial score (nSPS) is 13.8. The number of hydrogen-bond acceptors (Lipinski definition) is 17. The minimum atomic E-state index is -2.17. The molecule has 3 atom stereocenters. The van der Waals surface area contributed by atoms with E-state index in [4.69, 9.17) is 42.3 Å². The first-order valence-corrected chi connectivity index (χ1v) is 32.1. The fraction of sp³-hybridized carbons (Fsp3) is 0.508. The lowest BCUT2D eigenvalue weighted by atomic mass is 10.0. The fourth-order valence-electron chi connectivity index (χ4n) is 8.39. The maximum atomic E-state index is 14.5. The van der Waals surface area contributed by atoms with Gasteiger partial charge in [0.2, 0.25) is 17.7 Å². The molecule has 25 heteroatoms. The van der Waals surface area contributed by atoms with E-state index < -0.39 is 50.3 Å². The highest BCUT2D eigenvalue weighted by Gasteiger charge is 2.40. The van der Waals surface area contributed by atoms with Crippen LogP contribution in [0.25, 0.3) is 0 Å². The molecule has 24 nitrogen and oxygen atoms in total. The molecule has 3 aromatic carbocycles. The quantitative estimate of drug-likeness (QED) is 0.0163. The summed E-state index contributed by atoms with van der Waals surface area (Å²) in [7, 11) is 2.19. The van der Waals surface area contributed by atoms with Gasteiger partial charge in [0.25, 0.3) is 11.8 Å². The highest BCUT2D eigenvalue weighted by Crippen LogP contribution is 2.40. The Bertz CT molecular complexity index is 2890. The highest BCUT2D eigenvalue weighted by atomic mass is 28.4. The molecule has 0 radical (unpaired) electrons. The van der Waals surface area contributed by atoms with Gasteiger partial charge in [0, 0.05) is 57.5 Å². The van der Waals surface area contributed by atoms with Gasteiger partial charge < -0.3 is 73.6 Å². The number of anilines is 3. The van der Waals surface area contributed by atoms with Gasteiger partial charge >= 0.3 is 12.2 Å². The number of amides is 7. The molecule has 3 aromatic rings. The van der Waals surface area contributed by atoms with Crippen molar-refractivity contribution in [3.8, 4) is 23.0 Å². The van der Waals surface area contributed by atoms with Crippen LogP contribution in [0.3, 0.4) is 0 Å². The van der Waals surface area contributed by atoms with Gasteiger partial charge in [-0.25, -0.2) is 9.59 Å². The number of nitrogens with zero attached hydrogens (tertiary/aromatic N) is 1. The first kappa shape index (κ1) is 72.5. The molecular weight excluding hydrogens is 1150 g/mol. The summed E-state index contributed by atoms with van der Waals surface area (Å²) in [5.74, 6) is -1.94. The summed E-state index contributed by atoms with van der Waals surface area (Å²) < 4.78 is 51.3. The van der Waals surface area contributed by atoms with Crippen molar-refractivity contribution in [2.75, 3.05) is 103 Å². The number of methoxy groups -OCH3 is 3. The van der Waals surface area contributed by atoms with Gasteiger partial charge in [0.15, 0.2) is 31.3 Å². The van der Waals surface area contributed by atoms with Gasteiger partial charge in [-0.2, -0.15) is 0 Å². The number of hydrogen-bond donors (Lipinski definition) is 7. The molecule has 0 spiro atoms. The lowest BCUT2D eigenvalue weighted by Crippen LogP contribution is -2.53. The molecule has 0 aliphatic carbocycles. The maximum Gasteiger partial charge on any atom is 0.411 e. The van der Waals surface area contributed by atoms with Gasteiger partial charge in [-0.05, 0) is 80.1 Å². The lowest BCUT2D eigenvalue weighted by Gasteiger charge is -2.38. The summed E-state index contributed by atoms with van der Waals surface area (Å²) in [6, 6.07) is 10.1. The molecule has 1 aliphatic rings. The first-order chi connectivity index (χ1) is 41.7. The van der Waals surface area contributed by atoms with Crippen LogP contribution in [0.15, 0.2) is 85.5 Å². The van der Waals surface area contributed by atoms with E-state index in [0.717, 1.165) is 5.57 Å². The Morgan fingerprint density at radius 1 is 0.761 bits per heavy atom. The Morgan fingerprint density at radius 3 is 1.95 bits per heavy atom. The third-order valence-electron chi connectivity index (χ3n) is 14.5. The van der Waals surface area contributed by atoms with Crippen LogP contribution in [0.1, 0.15) is 99.9 Å². The zero-order chi connectivity index (χ0) is 65.1. The molecule has 1 saturated heterocycles. The number of aliphatic hydroxyl groups is 1. The van der Waals surface area contributed by atoms with Gasteiger partial charge in [-0.3, -0.25) is 34.6 Å². The van der Waals surface area contributed by atoms with E-state index in [1.54, 1.807) is 50.1 Å². The molecule has 1 fully saturated rings. The molecule has 484 valence electrons. The van der Waals surface area contributed by atoms with Crippen LogP contribution in [-0.4, -0.2) is 165 Å². The van der Waals surface area contributed by atoms with E-state index in [1.165, 1.54) is 51.5 Å². The number of carbonyl (C=O) groups excluding carboxylic acids is 7. The first-order valence-electron chi connectivity index (χ1n) is 29.2. The molecule has 88 heavy (non-hydrogen) atoms. The second-order valence-electron chi connectivity index (χ2n) is 22.8. The summed E-state index contributed by atoms with van der Waals surface area (Å²) in [6.45, 7) is 28.9. The number of benzene rings is 3. The van der Waals surface area contributed by atoms with E-state index in [0.29, 0.717) is 62.5 Å². The average Bonchev–Trinajstić information content (AvgIpc) is 1.61. The van der Waals surface area contributed by atoms with Gasteiger partial charge in [0.05, 0.1) is 82.4 Å². The van der Waals surface area contributed by atoms with Crippen molar-refractivity contribution in [2.24, 2.45) is 5.92 Å². The van der Waals surface area contributed by atoms with E-state index in [1.807, 2.05) is 0 Å². The number of likely N-dealkylation sites (tertiary alicyclic amines) is 1. The second-order valence-corrected chi connectivity index (χ2v) is 27.6. The standard InChI is InChI=1S/C63H91N7O17Si/c1-15-25-85-61(77)68-50-35-54(52(81-12)33-48(50)60(76)70-37-42(5)31-46(70)39-87-88(13,14)63(7,8)9)84-27-17-26-83-53-34-49(47(32-51(53)80-11)58(74)64-36-41(4)18-16-24-71)67-62(78)86-38-44-19-21-45(22-20-44)66-57(73)43(6)65-59(75)56(40(2)3)69-55(72)23-28-82-30-29-79-10/h15,19-22,32-35,40,43,46,56,71H,1,4-5,16-18,23-31,36-39H2,2-3,6-14H3,(H,64,74)(H,65,75)(H,66,73)(H,67,78)(H,68,77)(H,69,72)/t43?,46-,56-/m0/s1. The molecule has 4 rings (SSSR count). The smallest absolute Gasteiger partial charge is 0.411 e. The molecule has 7 amide bonds. The van der Waals surface area contributed by atoms with E-state index in [9.17, 15) is 38.7 Å². The minimum Gasteiger partial charge on any atom is -0.493 e. The van der Waals surface area contributed by atoms with Crippen molar-refractivity contribution >= 4 is 67.1 Å².